The van der Waals surface area contributed by atoms with E-state index in [1.165, 1.54) is 23.9 Å². The van der Waals surface area contributed by atoms with Gasteiger partial charge >= 0.3 is 0 Å². The zero-order valence-electron chi connectivity index (χ0n) is 16.6. The molecular weight excluding hydrogens is 415 g/mol. The topological polar surface area (TPSA) is 79.9 Å². The molecule has 2 aromatic carbocycles. The molecule has 31 heavy (non-hydrogen) atoms. The molecule has 0 fully saturated rings. The van der Waals surface area contributed by atoms with Gasteiger partial charge in [-0.15, -0.1) is 0 Å². The molecule has 0 aliphatic heterocycles. The van der Waals surface area contributed by atoms with Crippen molar-refractivity contribution in [2.75, 3.05) is 6.61 Å². The Hall–Kier alpha value is -3.49. The average Bonchev–Trinajstić information content (AvgIpc) is 3.20. The lowest BCUT2D eigenvalue weighted by atomic mass is 10.2. The fourth-order valence-corrected chi connectivity index (χ4v) is 3.94. The van der Waals surface area contributed by atoms with Crippen molar-refractivity contribution in [2.24, 2.45) is 0 Å². The first kappa shape index (κ1) is 20.8. The Bertz CT molecular complexity index is 1240. The predicted molar refractivity (Wildman–Crippen MR) is 119 cm³/mol. The van der Waals surface area contributed by atoms with Crippen LogP contribution < -0.4 is 5.48 Å². The molecule has 156 valence electrons. The first-order valence-corrected chi connectivity index (χ1v) is 10.4. The molecule has 8 heteroatoms. The standard InChI is InChI=1S/C23H19FN4O2S/c1-2-30-28-23(29)18-7-5-8-19(24)22(18)31-16-10-11-17-20(26-27-21(17)14-16)12-9-15-6-3-4-13-25-15/h3-14H,2H2,1H3,(H,26,27)(H,28,29). The summed E-state index contributed by atoms with van der Waals surface area (Å²) in [6.07, 6.45) is 5.51. The minimum atomic E-state index is -0.492. The first-order valence-electron chi connectivity index (χ1n) is 9.61. The number of pyridine rings is 1. The zero-order chi connectivity index (χ0) is 21.6. The molecule has 6 nitrogen and oxygen atoms in total. The number of rotatable bonds is 7. The number of H-pyrrole nitrogens is 1. The number of aromatic nitrogens is 3. The van der Waals surface area contributed by atoms with Crippen LogP contribution in [0.25, 0.3) is 23.1 Å². The first-order chi connectivity index (χ1) is 15.2. The maximum Gasteiger partial charge on any atom is 0.276 e. The maximum atomic E-state index is 14.5. The highest BCUT2D eigenvalue weighted by atomic mass is 32.2. The van der Waals surface area contributed by atoms with Crippen LogP contribution in [-0.4, -0.2) is 27.7 Å². The molecule has 0 atom stereocenters. The Morgan fingerprint density at radius 2 is 2.10 bits per heavy atom. The van der Waals surface area contributed by atoms with E-state index in [2.05, 4.69) is 20.7 Å². The molecule has 2 heterocycles. The highest BCUT2D eigenvalue weighted by molar-refractivity contribution is 7.99. The van der Waals surface area contributed by atoms with Crippen molar-refractivity contribution >= 4 is 40.7 Å². The van der Waals surface area contributed by atoms with Crippen LogP contribution in [0.1, 0.15) is 28.7 Å². The number of fused-ring (bicyclic) bond motifs is 1. The number of aromatic amines is 1. The molecule has 0 bridgehead atoms. The van der Waals surface area contributed by atoms with E-state index in [1.807, 2.05) is 48.6 Å². The van der Waals surface area contributed by atoms with E-state index in [0.29, 0.717) is 6.61 Å². The van der Waals surface area contributed by atoms with Crippen LogP contribution in [-0.2, 0) is 4.84 Å². The van der Waals surface area contributed by atoms with E-state index in [0.717, 1.165) is 27.2 Å². The van der Waals surface area contributed by atoms with Gasteiger partial charge in [-0.2, -0.15) is 5.10 Å². The number of carbonyl (C=O) groups excluding carboxylic acids is 1. The van der Waals surface area contributed by atoms with Gasteiger partial charge in [0.15, 0.2) is 0 Å². The summed E-state index contributed by atoms with van der Waals surface area (Å²) >= 11 is 1.17. The lowest BCUT2D eigenvalue weighted by molar-refractivity contribution is 0.0361. The molecular formula is C23H19FN4O2S. The van der Waals surface area contributed by atoms with Gasteiger partial charge in [0, 0.05) is 16.5 Å². The fourth-order valence-electron chi connectivity index (χ4n) is 2.95. The third-order valence-corrected chi connectivity index (χ3v) is 5.51. The van der Waals surface area contributed by atoms with Crippen molar-refractivity contribution < 1.29 is 14.0 Å². The summed E-state index contributed by atoms with van der Waals surface area (Å²) in [5, 5.41) is 8.28. The molecule has 0 radical (unpaired) electrons. The summed E-state index contributed by atoms with van der Waals surface area (Å²) in [6.45, 7) is 2.07. The molecule has 1 amide bonds. The number of hydrogen-bond acceptors (Lipinski definition) is 5. The van der Waals surface area contributed by atoms with Crippen LogP contribution >= 0.6 is 11.8 Å². The lowest BCUT2D eigenvalue weighted by Crippen LogP contribution is -2.24. The second kappa shape index (κ2) is 9.55. The van der Waals surface area contributed by atoms with Crippen molar-refractivity contribution in [3.63, 3.8) is 0 Å². The molecule has 4 rings (SSSR count). The minimum Gasteiger partial charge on any atom is -0.277 e. The number of nitrogens with zero attached hydrogens (tertiary/aromatic N) is 2. The molecule has 0 saturated heterocycles. The zero-order valence-corrected chi connectivity index (χ0v) is 17.4. The van der Waals surface area contributed by atoms with E-state index < -0.39 is 11.7 Å². The summed E-state index contributed by atoms with van der Waals surface area (Å²) < 4.78 is 14.5. The van der Waals surface area contributed by atoms with Gasteiger partial charge in [-0.1, -0.05) is 23.9 Å². The second-order valence-corrected chi connectivity index (χ2v) is 7.57. The van der Waals surface area contributed by atoms with Crippen LogP contribution in [0.4, 0.5) is 4.39 Å². The van der Waals surface area contributed by atoms with Gasteiger partial charge in [0.25, 0.3) is 5.91 Å². The number of hydrogen-bond donors (Lipinski definition) is 2. The maximum absolute atomic E-state index is 14.5. The Kier molecular flexibility index (Phi) is 6.40. The Balaban J connectivity index is 1.59. The molecule has 0 aliphatic rings. The van der Waals surface area contributed by atoms with E-state index >= 15 is 0 Å². The summed E-state index contributed by atoms with van der Waals surface area (Å²) in [4.78, 5) is 22.5. The summed E-state index contributed by atoms with van der Waals surface area (Å²) in [5.74, 6) is -0.966. The van der Waals surface area contributed by atoms with Crippen molar-refractivity contribution in [1.29, 1.82) is 0 Å². The third-order valence-electron chi connectivity index (χ3n) is 4.40. The van der Waals surface area contributed by atoms with Crippen LogP contribution in [0.5, 0.6) is 0 Å². The van der Waals surface area contributed by atoms with Gasteiger partial charge in [0.1, 0.15) is 5.82 Å². The molecule has 2 aromatic heterocycles. The number of carbonyl (C=O) groups is 1. The van der Waals surface area contributed by atoms with Crippen molar-refractivity contribution in [3.8, 4) is 0 Å². The smallest absolute Gasteiger partial charge is 0.276 e. The highest BCUT2D eigenvalue weighted by Crippen LogP contribution is 2.34. The average molecular weight is 434 g/mol. The molecule has 2 N–H and O–H groups in total. The van der Waals surface area contributed by atoms with Gasteiger partial charge in [0.2, 0.25) is 0 Å². The van der Waals surface area contributed by atoms with Gasteiger partial charge in [0.05, 0.1) is 34.0 Å². The van der Waals surface area contributed by atoms with Gasteiger partial charge in [-0.05, 0) is 61.5 Å². The summed E-state index contributed by atoms with van der Waals surface area (Å²) in [6, 6.07) is 15.8. The van der Waals surface area contributed by atoms with Crippen LogP contribution in [0.15, 0.2) is 70.6 Å². The Morgan fingerprint density at radius 3 is 2.90 bits per heavy atom. The Morgan fingerprint density at radius 1 is 1.19 bits per heavy atom. The van der Waals surface area contributed by atoms with Gasteiger partial charge < -0.3 is 0 Å². The summed E-state index contributed by atoms with van der Waals surface area (Å²) in [7, 11) is 0. The van der Waals surface area contributed by atoms with Gasteiger partial charge in [-0.25, -0.2) is 9.87 Å². The number of nitrogens with one attached hydrogen (secondary N) is 2. The van der Waals surface area contributed by atoms with Crippen LogP contribution in [0.2, 0.25) is 0 Å². The van der Waals surface area contributed by atoms with Gasteiger partial charge in [-0.3, -0.25) is 19.7 Å². The molecule has 0 aliphatic carbocycles. The Labute approximate surface area is 182 Å². The largest absolute Gasteiger partial charge is 0.277 e. The normalized spacial score (nSPS) is 11.3. The molecule has 0 saturated carbocycles. The number of benzene rings is 2. The second-order valence-electron chi connectivity index (χ2n) is 6.49. The van der Waals surface area contributed by atoms with Crippen LogP contribution in [0, 0.1) is 5.82 Å². The quantitative estimate of drug-likeness (QED) is 0.396. The van der Waals surface area contributed by atoms with Crippen molar-refractivity contribution in [1.82, 2.24) is 20.7 Å². The number of amides is 1. The van der Waals surface area contributed by atoms with Crippen molar-refractivity contribution in [3.05, 3.63) is 83.6 Å². The predicted octanol–water partition coefficient (Wildman–Crippen LogP) is 5.10. The SMILES string of the molecule is CCONC(=O)c1cccc(F)c1Sc1ccc2c(C=Cc3ccccn3)n[nH]c2c1. The van der Waals surface area contributed by atoms with Crippen LogP contribution in [0.3, 0.4) is 0 Å². The van der Waals surface area contributed by atoms with E-state index in [1.54, 1.807) is 19.2 Å². The fraction of sp³-hybridized carbons (Fsp3) is 0.0870. The molecule has 0 unspecified atom stereocenters. The van der Waals surface area contributed by atoms with E-state index in [4.69, 9.17) is 4.84 Å². The molecule has 4 aromatic rings. The van der Waals surface area contributed by atoms with E-state index in [-0.39, 0.29) is 10.5 Å². The molecule has 0 spiro atoms. The monoisotopic (exact) mass is 434 g/mol. The van der Waals surface area contributed by atoms with E-state index in [9.17, 15) is 9.18 Å². The number of halogens is 1. The van der Waals surface area contributed by atoms with Crippen molar-refractivity contribution in [2.45, 2.75) is 16.7 Å². The minimum absolute atomic E-state index is 0.210. The number of hydroxylamine groups is 1. The third kappa shape index (κ3) is 4.82. The lowest BCUT2D eigenvalue weighted by Gasteiger charge is -2.10. The summed E-state index contributed by atoms with van der Waals surface area (Å²) in [5.41, 5.74) is 4.95. The highest BCUT2D eigenvalue weighted by Gasteiger charge is 2.17.